The van der Waals surface area contributed by atoms with E-state index < -0.39 is 0 Å². The summed E-state index contributed by atoms with van der Waals surface area (Å²) < 4.78 is 0. The minimum Gasteiger partial charge on any atom is -0.305 e. The number of hydrazine groups is 1. The number of hydrogen-bond acceptors (Lipinski definition) is 2. The number of hydrogen-bond donors (Lipinski definition) is 1. The van der Waals surface area contributed by atoms with Crippen molar-refractivity contribution in [3.63, 3.8) is 0 Å². The Labute approximate surface area is 102 Å². The minimum atomic E-state index is 0.450. The van der Waals surface area contributed by atoms with Crippen molar-refractivity contribution in [1.29, 1.82) is 0 Å². The lowest BCUT2D eigenvalue weighted by molar-refractivity contribution is 0.600. The molecule has 0 bridgehead atoms. The van der Waals surface area contributed by atoms with E-state index in [4.69, 9.17) is 11.6 Å². The first-order valence-electron chi connectivity index (χ1n) is 5.75. The summed E-state index contributed by atoms with van der Waals surface area (Å²) in [6.07, 6.45) is 7.63. The Balaban J connectivity index is 1.95. The standard InChI is InChI=1S/C13H17ClN2/c14-10-5-4-8-13-9-11-15-16(13)12-6-2-1-3-7-12/h1-3,6-7,9,11,13,15H,4-5,8,10H2. The van der Waals surface area contributed by atoms with Crippen molar-refractivity contribution < 1.29 is 0 Å². The van der Waals surface area contributed by atoms with Crippen LogP contribution in [0.3, 0.4) is 0 Å². The molecule has 0 saturated carbocycles. The van der Waals surface area contributed by atoms with Crippen LogP contribution in [0.25, 0.3) is 0 Å². The van der Waals surface area contributed by atoms with Crippen LogP contribution in [0.4, 0.5) is 5.69 Å². The lowest BCUT2D eigenvalue weighted by Crippen LogP contribution is -2.37. The van der Waals surface area contributed by atoms with Crippen molar-refractivity contribution >= 4 is 17.3 Å². The van der Waals surface area contributed by atoms with Gasteiger partial charge in [-0.2, -0.15) is 0 Å². The predicted molar refractivity (Wildman–Crippen MR) is 69.6 cm³/mol. The molecular weight excluding hydrogens is 220 g/mol. The molecular formula is C13H17ClN2. The van der Waals surface area contributed by atoms with Crippen LogP contribution in [0.15, 0.2) is 42.6 Å². The fraction of sp³-hybridized carbons (Fsp3) is 0.385. The SMILES string of the molecule is ClCCCCC1C=CNN1c1ccccc1. The molecule has 86 valence electrons. The highest BCUT2D eigenvalue weighted by Gasteiger charge is 2.18. The molecule has 1 aromatic rings. The van der Waals surface area contributed by atoms with E-state index in [2.05, 4.69) is 40.8 Å². The van der Waals surface area contributed by atoms with Gasteiger partial charge in [0.25, 0.3) is 0 Å². The smallest absolute Gasteiger partial charge is 0.0701 e. The van der Waals surface area contributed by atoms with E-state index in [0.717, 1.165) is 18.7 Å². The molecule has 16 heavy (non-hydrogen) atoms. The Bertz CT molecular complexity index is 337. The third-order valence-electron chi connectivity index (χ3n) is 2.78. The number of para-hydroxylation sites is 1. The van der Waals surface area contributed by atoms with Crippen molar-refractivity contribution in [2.24, 2.45) is 0 Å². The van der Waals surface area contributed by atoms with Crippen LogP contribution in [0.2, 0.25) is 0 Å². The average molecular weight is 237 g/mol. The van der Waals surface area contributed by atoms with E-state index in [1.165, 1.54) is 12.1 Å². The molecule has 0 amide bonds. The maximum Gasteiger partial charge on any atom is 0.0701 e. The molecule has 0 fully saturated rings. The Morgan fingerprint density at radius 1 is 1.19 bits per heavy atom. The fourth-order valence-corrected chi connectivity index (χ4v) is 2.13. The zero-order chi connectivity index (χ0) is 11.2. The van der Waals surface area contributed by atoms with Gasteiger partial charge in [-0.25, -0.2) is 0 Å². The van der Waals surface area contributed by atoms with Crippen molar-refractivity contribution in [3.8, 4) is 0 Å². The number of alkyl halides is 1. The highest BCUT2D eigenvalue weighted by molar-refractivity contribution is 6.17. The largest absolute Gasteiger partial charge is 0.305 e. The lowest BCUT2D eigenvalue weighted by atomic mass is 10.1. The molecule has 0 radical (unpaired) electrons. The first kappa shape index (κ1) is 11.3. The van der Waals surface area contributed by atoms with E-state index in [1.807, 2.05) is 12.3 Å². The number of halogens is 1. The van der Waals surface area contributed by atoms with Gasteiger partial charge >= 0.3 is 0 Å². The first-order valence-corrected chi connectivity index (χ1v) is 6.28. The number of benzene rings is 1. The normalized spacial score (nSPS) is 18.8. The van der Waals surface area contributed by atoms with Gasteiger partial charge in [-0.1, -0.05) is 18.2 Å². The van der Waals surface area contributed by atoms with E-state index in [0.29, 0.717) is 6.04 Å². The number of anilines is 1. The van der Waals surface area contributed by atoms with Crippen LogP contribution in [0, 0.1) is 0 Å². The van der Waals surface area contributed by atoms with Gasteiger partial charge in [0.2, 0.25) is 0 Å². The highest BCUT2D eigenvalue weighted by atomic mass is 35.5. The monoisotopic (exact) mass is 236 g/mol. The molecule has 0 spiro atoms. The van der Waals surface area contributed by atoms with Gasteiger partial charge < -0.3 is 5.43 Å². The summed E-state index contributed by atoms with van der Waals surface area (Å²) in [6.45, 7) is 0. The van der Waals surface area contributed by atoms with Gasteiger partial charge in [0, 0.05) is 12.1 Å². The van der Waals surface area contributed by atoms with Crippen LogP contribution in [0.5, 0.6) is 0 Å². The van der Waals surface area contributed by atoms with Gasteiger partial charge in [0.15, 0.2) is 0 Å². The van der Waals surface area contributed by atoms with Gasteiger partial charge in [0.05, 0.1) is 11.7 Å². The fourth-order valence-electron chi connectivity index (χ4n) is 1.94. The summed E-state index contributed by atoms with van der Waals surface area (Å²) in [6, 6.07) is 10.8. The molecule has 1 aliphatic heterocycles. The lowest BCUT2D eigenvalue weighted by Gasteiger charge is -2.26. The summed E-state index contributed by atoms with van der Waals surface area (Å²) in [5.74, 6) is 0.759. The van der Waals surface area contributed by atoms with Crippen LogP contribution < -0.4 is 10.4 Å². The van der Waals surface area contributed by atoms with Gasteiger partial charge in [0.1, 0.15) is 0 Å². The molecule has 2 nitrogen and oxygen atoms in total. The summed E-state index contributed by atoms with van der Waals surface area (Å²) in [5.41, 5.74) is 4.48. The van der Waals surface area contributed by atoms with Crippen molar-refractivity contribution in [2.75, 3.05) is 10.9 Å². The second-order valence-electron chi connectivity index (χ2n) is 3.95. The highest BCUT2D eigenvalue weighted by Crippen LogP contribution is 2.21. The van der Waals surface area contributed by atoms with Crippen molar-refractivity contribution in [2.45, 2.75) is 25.3 Å². The van der Waals surface area contributed by atoms with Crippen LogP contribution in [-0.2, 0) is 0 Å². The molecule has 1 unspecified atom stereocenters. The summed E-state index contributed by atoms with van der Waals surface area (Å²) in [7, 11) is 0. The summed E-state index contributed by atoms with van der Waals surface area (Å²) in [4.78, 5) is 0. The van der Waals surface area contributed by atoms with Gasteiger partial charge in [-0.05, 0) is 37.5 Å². The first-order chi connectivity index (χ1) is 7.92. The van der Waals surface area contributed by atoms with Crippen LogP contribution in [-0.4, -0.2) is 11.9 Å². The Kier molecular flexibility index (Phi) is 4.11. The predicted octanol–water partition coefficient (Wildman–Crippen LogP) is 3.30. The molecule has 1 N–H and O–H groups in total. The Hall–Kier alpha value is -1.15. The van der Waals surface area contributed by atoms with E-state index >= 15 is 0 Å². The van der Waals surface area contributed by atoms with Gasteiger partial charge in [-0.3, -0.25) is 5.01 Å². The summed E-state index contributed by atoms with van der Waals surface area (Å²) in [5, 5.41) is 2.20. The van der Waals surface area contributed by atoms with Crippen molar-refractivity contribution in [3.05, 3.63) is 42.6 Å². The molecule has 3 heteroatoms. The minimum absolute atomic E-state index is 0.450. The maximum atomic E-state index is 5.69. The van der Waals surface area contributed by atoms with Crippen LogP contribution in [0.1, 0.15) is 19.3 Å². The molecule has 2 rings (SSSR count). The third kappa shape index (κ3) is 2.70. The molecule has 1 aromatic carbocycles. The topological polar surface area (TPSA) is 15.3 Å². The van der Waals surface area contributed by atoms with E-state index in [9.17, 15) is 0 Å². The van der Waals surface area contributed by atoms with E-state index in [1.54, 1.807) is 0 Å². The Morgan fingerprint density at radius 2 is 2.00 bits per heavy atom. The zero-order valence-corrected chi connectivity index (χ0v) is 10.0. The third-order valence-corrected chi connectivity index (χ3v) is 3.05. The maximum absolute atomic E-state index is 5.69. The van der Waals surface area contributed by atoms with Gasteiger partial charge in [-0.15, -0.1) is 11.6 Å². The molecule has 1 aliphatic rings. The zero-order valence-electron chi connectivity index (χ0n) is 9.27. The summed E-state index contributed by atoms with van der Waals surface area (Å²) >= 11 is 5.69. The number of nitrogens with zero attached hydrogens (tertiary/aromatic N) is 1. The second-order valence-corrected chi connectivity index (χ2v) is 4.32. The second kappa shape index (κ2) is 5.80. The van der Waals surface area contributed by atoms with Crippen molar-refractivity contribution in [1.82, 2.24) is 5.43 Å². The molecule has 0 aliphatic carbocycles. The quantitative estimate of drug-likeness (QED) is 0.623. The number of unbranched alkanes of at least 4 members (excludes halogenated alkanes) is 1. The number of nitrogens with one attached hydrogen (secondary N) is 1. The van der Waals surface area contributed by atoms with Crippen LogP contribution >= 0.6 is 11.6 Å². The van der Waals surface area contributed by atoms with E-state index in [-0.39, 0.29) is 0 Å². The molecule has 1 heterocycles. The molecule has 0 saturated heterocycles. The molecule has 0 aromatic heterocycles. The average Bonchev–Trinajstić information content (AvgIpc) is 2.79. The number of rotatable bonds is 5. The Morgan fingerprint density at radius 3 is 2.75 bits per heavy atom. The molecule has 1 atom stereocenters.